The van der Waals surface area contributed by atoms with Gasteiger partial charge in [-0.3, -0.25) is 4.98 Å². The zero-order valence-electron chi connectivity index (χ0n) is 9.64. The quantitative estimate of drug-likeness (QED) is 0.300. The van der Waals surface area contributed by atoms with Crippen LogP contribution in [0.15, 0.2) is 23.6 Å². The van der Waals surface area contributed by atoms with Gasteiger partial charge in [-0.2, -0.15) is 0 Å². The molecule has 1 aromatic heterocycles. The molecule has 5 heteroatoms. The topological polar surface area (TPSA) is 83.5 Å². The average Bonchev–Trinajstić information content (AvgIpc) is 2.28. The zero-order valence-corrected chi connectivity index (χ0v) is 9.64. The zero-order chi connectivity index (χ0) is 12.0. The van der Waals surface area contributed by atoms with Crippen LogP contribution in [0, 0.1) is 6.92 Å². The van der Waals surface area contributed by atoms with Crippen molar-refractivity contribution < 1.29 is 5.21 Å². The molecule has 0 spiro atoms. The van der Waals surface area contributed by atoms with Crippen molar-refractivity contribution in [3.63, 3.8) is 0 Å². The normalized spacial score (nSPS) is 13.8. The van der Waals surface area contributed by atoms with Crippen molar-refractivity contribution >= 4 is 5.84 Å². The molecule has 1 aromatic rings. The Hall–Kier alpha value is -1.62. The van der Waals surface area contributed by atoms with Gasteiger partial charge in [0.1, 0.15) is 5.84 Å². The van der Waals surface area contributed by atoms with E-state index in [0.717, 1.165) is 12.1 Å². The fraction of sp³-hybridized carbons (Fsp3) is 0.455. The first-order valence-corrected chi connectivity index (χ1v) is 5.22. The Bertz CT molecular complexity index is 365. The Labute approximate surface area is 95.4 Å². The molecule has 0 fully saturated rings. The van der Waals surface area contributed by atoms with Crippen LogP contribution < -0.4 is 11.1 Å². The van der Waals surface area contributed by atoms with Crippen molar-refractivity contribution in [1.29, 1.82) is 0 Å². The maximum Gasteiger partial charge on any atom is 0.140 e. The molecule has 0 radical (unpaired) electrons. The standard InChI is InChI=1S/C11H18N4O/c1-8-6-13-4-3-10(8)7-14-9(2)5-11(12)15-16/h3-4,6,9,14,16H,5,7H2,1-2H3,(H2,12,15). The van der Waals surface area contributed by atoms with Gasteiger partial charge in [0, 0.05) is 31.4 Å². The number of nitrogens with zero attached hydrogens (tertiary/aromatic N) is 2. The van der Waals surface area contributed by atoms with Gasteiger partial charge >= 0.3 is 0 Å². The molecule has 88 valence electrons. The third kappa shape index (κ3) is 3.86. The van der Waals surface area contributed by atoms with E-state index in [1.165, 1.54) is 5.56 Å². The molecule has 16 heavy (non-hydrogen) atoms. The molecule has 4 N–H and O–H groups in total. The fourth-order valence-corrected chi connectivity index (χ4v) is 1.41. The van der Waals surface area contributed by atoms with E-state index in [-0.39, 0.29) is 11.9 Å². The predicted octanol–water partition coefficient (Wildman–Crippen LogP) is 1.00. The first-order chi connectivity index (χ1) is 7.63. The fourth-order valence-electron chi connectivity index (χ4n) is 1.41. The van der Waals surface area contributed by atoms with E-state index in [1.807, 2.05) is 26.1 Å². The Morgan fingerprint density at radius 2 is 2.44 bits per heavy atom. The molecule has 1 heterocycles. The molecule has 5 nitrogen and oxygen atoms in total. The molecule has 0 saturated carbocycles. The number of aryl methyl sites for hydroxylation is 1. The van der Waals surface area contributed by atoms with Crippen LogP contribution in [0.4, 0.5) is 0 Å². The summed E-state index contributed by atoms with van der Waals surface area (Å²) in [5, 5.41) is 14.7. The summed E-state index contributed by atoms with van der Waals surface area (Å²) < 4.78 is 0. The highest BCUT2D eigenvalue weighted by Gasteiger charge is 2.05. The van der Waals surface area contributed by atoms with Crippen LogP contribution in [-0.2, 0) is 6.54 Å². The van der Waals surface area contributed by atoms with Gasteiger partial charge in [0.2, 0.25) is 0 Å². The summed E-state index contributed by atoms with van der Waals surface area (Å²) in [5.74, 6) is 0.242. The number of aromatic nitrogens is 1. The van der Waals surface area contributed by atoms with Crippen LogP contribution in [0.1, 0.15) is 24.5 Å². The van der Waals surface area contributed by atoms with Crippen LogP contribution in [0.25, 0.3) is 0 Å². The van der Waals surface area contributed by atoms with Gasteiger partial charge in [-0.05, 0) is 31.0 Å². The Balaban J connectivity index is 2.43. The molecule has 0 aliphatic carbocycles. The summed E-state index contributed by atoms with van der Waals surface area (Å²) in [4.78, 5) is 4.03. The monoisotopic (exact) mass is 222 g/mol. The summed E-state index contributed by atoms with van der Waals surface area (Å²) >= 11 is 0. The molecule has 1 unspecified atom stereocenters. The van der Waals surface area contributed by atoms with E-state index < -0.39 is 0 Å². The first-order valence-electron chi connectivity index (χ1n) is 5.22. The second-order valence-electron chi connectivity index (χ2n) is 3.88. The summed E-state index contributed by atoms with van der Waals surface area (Å²) in [6.07, 6.45) is 4.14. The third-order valence-corrected chi connectivity index (χ3v) is 2.42. The highest BCUT2D eigenvalue weighted by atomic mass is 16.4. The molecule has 0 amide bonds. The summed E-state index contributed by atoms with van der Waals surface area (Å²) in [5.41, 5.74) is 7.79. The van der Waals surface area contributed by atoms with Gasteiger partial charge in [0.15, 0.2) is 0 Å². The second-order valence-corrected chi connectivity index (χ2v) is 3.88. The molecular weight excluding hydrogens is 204 g/mol. The number of oxime groups is 1. The molecule has 0 bridgehead atoms. The number of hydrogen-bond donors (Lipinski definition) is 3. The van der Waals surface area contributed by atoms with E-state index in [4.69, 9.17) is 10.9 Å². The lowest BCUT2D eigenvalue weighted by Gasteiger charge is -2.13. The van der Waals surface area contributed by atoms with E-state index >= 15 is 0 Å². The van der Waals surface area contributed by atoms with Crippen LogP contribution in [0.3, 0.4) is 0 Å². The van der Waals surface area contributed by atoms with Gasteiger partial charge < -0.3 is 16.3 Å². The van der Waals surface area contributed by atoms with Gasteiger partial charge in [-0.15, -0.1) is 0 Å². The van der Waals surface area contributed by atoms with Gasteiger partial charge in [-0.1, -0.05) is 5.16 Å². The predicted molar refractivity (Wildman–Crippen MR) is 63.3 cm³/mol. The van der Waals surface area contributed by atoms with Crippen LogP contribution in [0.2, 0.25) is 0 Å². The number of hydrogen-bond acceptors (Lipinski definition) is 4. The molecule has 0 aliphatic heterocycles. The Kier molecular flexibility index (Phi) is 4.72. The van der Waals surface area contributed by atoms with Crippen LogP contribution in [-0.4, -0.2) is 22.1 Å². The number of rotatable bonds is 5. The summed E-state index contributed by atoms with van der Waals surface area (Å²) in [6.45, 7) is 4.78. The Morgan fingerprint density at radius 3 is 3.06 bits per heavy atom. The van der Waals surface area contributed by atoms with Crippen LogP contribution >= 0.6 is 0 Å². The van der Waals surface area contributed by atoms with Gasteiger partial charge in [0.25, 0.3) is 0 Å². The third-order valence-electron chi connectivity index (χ3n) is 2.42. The number of nitrogens with two attached hydrogens (primary N) is 1. The SMILES string of the molecule is Cc1cnccc1CNC(C)C/C(N)=N/O. The Morgan fingerprint density at radius 1 is 1.69 bits per heavy atom. The minimum absolute atomic E-state index is 0.170. The van der Waals surface area contributed by atoms with Crippen LogP contribution in [0.5, 0.6) is 0 Å². The highest BCUT2D eigenvalue weighted by Crippen LogP contribution is 2.05. The van der Waals surface area contributed by atoms with Crippen molar-refractivity contribution in [2.75, 3.05) is 0 Å². The lowest BCUT2D eigenvalue weighted by atomic mass is 10.1. The van der Waals surface area contributed by atoms with Crippen molar-refractivity contribution in [2.45, 2.75) is 32.9 Å². The minimum Gasteiger partial charge on any atom is -0.409 e. The lowest BCUT2D eigenvalue weighted by Crippen LogP contribution is -2.30. The van der Waals surface area contributed by atoms with E-state index in [9.17, 15) is 0 Å². The van der Waals surface area contributed by atoms with E-state index in [0.29, 0.717) is 6.42 Å². The summed E-state index contributed by atoms with van der Waals surface area (Å²) in [7, 11) is 0. The number of nitrogens with one attached hydrogen (secondary N) is 1. The number of pyridine rings is 1. The molecular formula is C11H18N4O. The molecule has 0 aliphatic rings. The van der Waals surface area contributed by atoms with Crippen molar-refractivity contribution in [3.8, 4) is 0 Å². The lowest BCUT2D eigenvalue weighted by molar-refractivity contribution is 0.316. The molecule has 0 aromatic carbocycles. The molecule has 1 rings (SSSR count). The van der Waals surface area contributed by atoms with E-state index in [1.54, 1.807) is 6.20 Å². The minimum atomic E-state index is 0.170. The summed E-state index contributed by atoms with van der Waals surface area (Å²) in [6, 6.07) is 2.15. The smallest absolute Gasteiger partial charge is 0.140 e. The molecule has 0 saturated heterocycles. The average molecular weight is 222 g/mol. The van der Waals surface area contributed by atoms with E-state index in [2.05, 4.69) is 15.5 Å². The maximum absolute atomic E-state index is 8.44. The van der Waals surface area contributed by atoms with Crippen molar-refractivity contribution in [3.05, 3.63) is 29.6 Å². The maximum atomic E-state index is 8.44. The number of amidine groups is 1. The highest BCUT2D eigenvalue weighted by molar-refractivity contribution is 5.80. The van der Waals surface area contributed by atoms with Gasteiger partial charge in [-0.25, -0.2) is 0 Å². The molecule has 1 atom stereocenters. The largest absolute Gasteiger partial charge is 0.409 e. The first kappa shape index (κ1) is 12.4. The van der Waals surface area contributed by atoms with Gasteiger partial charge in [0.05, 0.1) is 0 Å². The van der Waals surface area contributed by atoms with Crippen molar-refractivity contribution in [1.82, 2.24) is 10.3 Å². The van der Waals surface area contributed by atoms with Crippen molar-refractivity contribution in [2.24, 2.45) is 10.9 Å². The second kappa shape index (κ2) is 6.07.